The number of benzene rings is 2. The predicted octanol–water partition coefficient (Wildman–Crippen LogP) is 3.64. The molecule has 0 atom stereocenters. The molecule has 2 aromatic carbocycles. The highest BCUT2D eigenvalue weighted by atomic mass is 17.2. The van der Waals surface area contributed by atoms with Crippen molar-refractivity contribution in [3.05, 3.63) is 71.3 Å². The lowest BCUT2D eigenvalue weighted by Gasteiger charge is -2.05. The van der Waals surface area contributed by atoms with Crippen molar-refractivity contribution in [2.75, 3.05) is 0 Å². The topological polar surface area (TPSA) is 18.5 Å². The maximum Gasteiger partial charge on any atom is 0.107 e. The molecule has 0 radical (unpaired) electrons. The zero-order valence-electron chi connectivity index (χ0n) is 9.93. The molecule has 17 heavy (non-hydrogen) atoms. The van der Waals surface area contributed by atoms with Gasteiger partial charge in [0.05, 0.1) is 0 Å². The fourth-order valence-electron chi connectivity index (χ4n) is 1.60. The molecule has 0 aromatic heterocycles. The van der Waals surface area contributed by atoms with Crippen molar-refractivity contribution in [3.8, 4) is 0 Å². The number of hydrogen-bond acceptors (Lipinski definition) is 2. The van der Waals surface area contributed by atoms with Crippen molar-refractivity contribution in [2.24, 2.45) is 0 Å². The lowest BCUT2D eigenvalue weighted by Crippen LogP contribution is -1.96. The summed E-state index contributed by atoms with van der Waals surface area (Å²) in [5.41, 5.74) is 3.46. The summed E-state index contributed by atoms with van der Waals surface area (Å²) in [6.45, 7) is 3.02. The number of aryl methyl sites for hydroxylation is 1. The lowest BCUT2D eigenvalue weighted by atomic mass is 10.1. The summed E-state index contributed by atoms with van der Waals surface area (Å²) < 4.78 is 0. The molecule has 0 aliphatic heterocycles. The molecule has 0 saturated heterocycles. The molecule has 0 unspecified atom stereocenters. The number of rotatable bonds is 5. The zero-order chi connectivity index (χ0) is 11.9. The smallest absolute Gasteiger partial charge is 0.107 e. The number of hydrogen-bond donors (Lipinski definition) is 0. The van der Waals surface area contributed by atoms with E-state index in [4.69, 9.17) is 9.78 Å². The van der Waals surface area contributed by atoms with Gasteiger partial charge >= 0.3 is 0 Å². The average molecular weight is 228 g/mol. The van der Waals surface area contributed by atoms with Gasteiger partial charge in [-0.3, -0.25) is 0 Å². The first-order valence-corrected chi connectivity index (χ1v) is 5.68. The first-order chi connectivity index (χ1) is 8.34. The molecule has 0 amide bonds. The van der Waals surface area contributed by atoms with Gasteiger partial charge in [-0.2, -0.15) is 0 Å². The Morgan fingerprint density at radius 3 is 2.12 bits per heavy atom. The minimum absolute atomic E-state index is 0.479. The molecule has 88 valence electrons. The van der Waals surface area contributed by atoms with Crippen molar-refractivity contribution in [2.45, 2.75) is 20.1 Å². The molecule has 0 spiro atoms. The van der Waals surface area contributed by atoms with Gasteiger partial charge < -0.3 is 0 Å². The minimum atomic E-state index is 0.479. The average Bonchev–Trinajstić information content (AvgIpc) is 2.36. The third-order valence-electron chi connectivity index (χ3n) is 2.46. The van der Waals surface area contributed by atoms with Gasteiger partial charge in [-0.15, -0.1) is 0 Å². The molecule has 2 nitrogen and oxygen atoms in total. The van der Waals surface area contributed by atoms with Crippen molar-refractivity contribution in [1.29, 1.82) is 0 Å². The van der Waals surface area contributed by atoms with Crippen molar-refractivity contribution >= 4 is 0 Å². The van der Waals surface area contributed by atoms with Crippen molar-refractivity contribution < 1.29 is 9.78 Å². The molecule has 0 heterocycles. The molecule has 0 bridgehead atoms. The van der Waals surface area contributed by atoms with E-state index in [1.807, 2.05) is 42.5 Å². The van der Waals surface area contributed by atoms with Gasteiger partial charge in [-0.1, -0.05) is 60.2 Å². The summed E-state index contributed by atoms with van der Waals surface area (Å²) >= 11 is 0. The Hall–Kier alpha value is -1.64. The first kappa shape index (κ1) is 11.8. The molecular weight excluding hydrogens is 212 g/mol. The molecular formula is C15H16O2. The Morgan fingerprint density at radius 2 is 1.41 bits per heavy atom. The van der Waals surface area contributed by atoms with Gasteiger partial charge in [0.15, 0.2) is 0 Å². The van der Waals surface area contributed by atoms with E-state index in [9.17, 15) is 0 Å². The summed E-state index contributed by atoms with van der Waals surface area (Å²) in [4.78, 5) is 10.3. The van der Waals surface area contributed by atoms with Gasteiger partial charge in [-0.25, -0.2) is 9.78 Å². The highest BCUT2D eigenvalue weighted by Crippen LogP contribution is 2.07. The Labute approximate surface area is 102 Å². The second kappa shape index (κ2) is 6.18. The Balaban J connectivity index is 1.73. The SMILES string of the molecule is Cc1cccc(COOCc2ccccc2)c1. The molecule has 0 aliphatic rings. The summed E-state index contributed by atoms with van der Waals surface area (Å²) in [5, 5.41) is 0. The maximum atomic E-state index is 5.18. The van der Waals surface area contributed by atoms with E-state index in [1.54, 1.807) is 0 Å². The summed E-state index contributed by atoms with van der Waals surface area (Å²) in [6, 6.07) is 18.2. The van der Waals surface area contributed by atoms with E-state index in [-0.39, 0.29) is 0 Å². The van der Waals surface area contributed by atoms with Crippen LogP contribution in [0.4, 0.5) is 0 Å². The van der Waals surface area contributed by atoms with Gasteiger partial charge in [-0.05, 0) is 18.1 Å². The molecule has 0 saturated carbocycles. The van der Waals surface area contributed by atoms with Crippen LogP contribution in [0.2, 0.25) is 0 Å². The normalized spacial score (nSPS) is 10.4. The fourth-order valence-corrected chi connectivity index (χ4v) is 1.60. The van der Waals surface area contributed by atoms with Crippen LogP contribution in [0.5, 0.6) is 0 Å². The molecule has 0 N–H and O–H groups in total. The fraction of sp³-hybridized carbons (Fsp3) is 0.200. The van der Waals surface area contributed by atoms with E-state index in [1.165, 1.54) is 5.56 Å². The second-order valence-corrected chi connectivity index (χ2v) is 4.00. The van der Waals surface area contributed by atoms with Crippen molar-refractivity contribution in [3.63, 3.8) is 0 Å². The van der Waals surface area contributed by atoms with Crippen LogP contribution in [-0.4, -0.2) is 0 Å². The quantitative estimate of drug-likeness (QED) is 0.442. The highest BCUT2D eigenvalue weighted by Gasteiger charge is 1.95. The standard InChI is InChI=1S/C15H16O2/c1-13-6-5-9-15(10-13)12-17-16-11-14-7-3-2-4-8-14/h2-10H,11-12H2,1H3. The van der Waals surface area contributed by atoms with E-state index >= 15 is 0 Å². The predicted molar refractivity (Wildman–Crippen MR) is 67.2 cm³/mol. The third-order valence-corrected chi connectivity index (χ3v) is 2.46. The molecule has 0 aliphatic carbocycles. The van der Waals surface area contributed by atoms with Crippen LogP contribution in [0.3, 0.4) is 0 Å². The summed E-state index contributed by atoms with van der Waals surface area (Å²) in [5.74, 6) is 0. The van der Waals surface area contributed by atoms with Crippen LogP contribution in [-0.2, 0) is 23.0 Å². The van der Waals surface area contributed by atoms with Crippen LogP contribution in [0.25, 0.3) is 0 Å². The summed E-state index contributed by atoms with van der Waals surface area (Å²) in [7, 11) is 0. The summed E-state index contributed by atoms with van der Waals surface area (Å²) in [6.07, 6.45) is 0. The van der Waals surface area contributed by atoms with Crippen LogP contribution in [0.1, 0.15) is 16.7 Å². The van der Waals surface area contributed by atoms with E-state index in [0.717, 1.165) is 11.1 Å². The minimum Gasteiger partial charge on any atom is -0.232 e. The molecule has 2 aromatic rings. The lowest BCUT2D eigenvalue weighted by molar-refractivity contribution is -0.313. The Morgan fingerprint density at radius 1 is 0.765 bits per heavy atom. The molecule has 2 heteroatoms. The molecule has 2 rings (SSSR count). The molecule has 0 fully saturated rings. The maximum absolute atomic E-state index is 5.18. The first-order valence-electron chi connectivity index (χ1n) is 5.68. The third kappa shape index (κ3) is 4.02. The van der Waals surface area contributed by atoms with Gasteiger partial charge in [0.25, 0.3) is 0 Å². The Kier molecular flexibility index (Phi) is 4.30. The zero-order valence-corrected chi connectivity index (χ0v) is 9.93. The van der Waals surface area contributed by atoms with Gasteiger partial charge in [0.1, 0.15) is 13.2 Å². The van der Waals surface area contributed by atoms with Crippen LogP contribution in [0.15, 0.2) is 54.6 Å². The van der Waals surface area contributed by atoms with E-state index in [2.05, 4.69) is 19.1 Å². The van der Waals surface area contributed by atoms with E-state index < -0.39 is 0 Å². The Bertz CT molecular complexity index is 451. The second-order valence-electron chi connectivity index (χ2n) is 4.00. The largest absolute Gasteiger partial charge is 0.232 e. The van der Waals surface area contributed by atoms with E-state index in [0.29, 0.717) is 13.2 Å². The van der Waals surface area contributed by atoms with Crippen molar-refractivity contribution in [1.82, 2.24) is 0 Å². The highest BCUT2D eigenvalue weighted by molar-refractivity contribution is 5.21. The van der Waals surface area contributed by atoms with Crippen LogP contribution < -0.4 is 0 Å². The monoisotopic (exact) mass is 228 g/mol. The van der Waals surface area contributed by atoms with Gasteiger partial charge in [0, 0.05) is 0 Å². The van der Waals surface area contributed by atoms with Crippen LogP contribution in [0, 0.1) is 6.92 Å². The van der Waals surface area contributed by atoms with Crippen LogP contribution >= 0.6 is 0 Å². The van der Waals surface area contributed by atoms with Gasteiger partial charge in [0.2, 0.25) is 0 Å².